The van der Waals surface area contributed by atoms with E-state index in [4.69, 9.17) is 0 Å². The smallest absolute Gasteiger partial charge is 0.269 e. The Morgan fingerprint density at radius 3 is 2.45 bits per heavy atom. The molecule has 1 atom stereocenters. The van der Waals surface area contributed by atoms with Gasteiger partial charge in [-0.2, -0.15) is 0 Å². The minimum Gasteiger partial charge on any atom is -0.358 e. The molecule has 0 bridgehead atoms. The normalized spacial score (nSPS) is 12.4. The summed E-state index contributed by atoms with van der Waals surface area (Å²) in [5.74, 6) is 0.170. The molecule has 0 amide bonds. The van der Waals surface area contributed by atoms with E-state index >= 15 is 0 Å². The van der Waals surface area contributed by atoms with Gasteiger partial charge in [-0.05, 0) is 23.1 Å². The van der Waals surface area contributed by atoms with Gasteiger partial charge >= 0.3 is 0 Å². The summed E-state index contributed by atoms with van der Waals surface area (Å²) in [5.41, 5.74) is 3.40. The van der Waals surface area contributed by atoms with Crippen molar-refractivity contribution >= 4 is 16.6 Å². The zero-order valence-electron chi connectivity index (χ0n) is 11.0. The molecule has 1 aromatic heterocycles. The van der Waals surface area contributed by atoms with Crippen LogP contribution in [0.1, 0.15) is 24.1 Å². The molecule has 0 aliphatic heterocycles. The number of fused-ring (bicyclic) bond motifs is 1. The van der Waals surface area contributed by atoms with Gasteiger partial charge in [0.25, 0.3) is 5.69 Å². The van der Waals surface area contributed by atoms with E-state index in [9.17, 15) is 10.1 Å². The second kappa shape index (κ2) is 4.81. The number of nitrogens with one attached hydrogen (secondary N) is 1. The SMILES string of the molecule is CC(c1ccc([N+](=O)[O-])cc1)c1cc2ccccc2[nH]1. The Bertz CT molecular complexity index is 727. The maximum absolute atomic E-state index is 10.7. The number of non-ortho nitro benzene ring substituents is 1. The van der Waals surface area contributed by atoms with E-state index < -0.39 is 0 Å². The molecule has 1 heterocycles. The van der Waals surface area contributed by atoms with Gasteiger partial charge in [-0.1, -0.05) is 37.3 Å². The molecule has 20 heavy (non-hydrogen) atoms. The largest absolute Gasteiger partial charge is 0.358 e. The summed E-state index contributed by atoms with van der Waals surface area (Å²) in [6, 6.07) is 17.0. The van der Waals surface area contributed by atoms with Crippen LogP contribution in [-0.2, 0) is 0 Å². The lowest BCUT2D eigenvalue weighted by Gasteiger charge is -2.09. The predicted molar refractivity (Wildman–Crippen MR) is 78.9 cm³/mol. The van der Waals surface area contributed by atoms with E-state index in [0.29, 0.717) is 0 Å². The summed E-state index contributed by atoms with van der Waals surface area (Å²) in [7, 11) is 0. The van der Waals surface area contributed by atoms with Gasteiger partial charge in [-0.3, -0.25) is 10.1 Å². The van der Waals surface area contributed by atoms with Crippen LogP contribution in [0.5, 0.6) is 0 Å². The van der Waals surface area contributed by atoms with Gasteiger partial charge in [0.15, 0.2) is 0 Å². The number of aromatic amines is 1. The Labute approximate surface area is 116 Å². The molecule has 0 fully saturated rings. The second-order valence-electron chi connectivity index (χ2n) is 4.88. The van der Waals surface area contributed by atoms with Crippen LogP contribution in [0.15, 0.2) is 54.6 Å². The number of hydrogen-bond acceptors (Lipinski definition) is 2. The minimum absolute atomic E-state index is 0.123. The number of benzene rings is 2. The van der Waals surface area contributed by atoms with Gasteiger partial charge in [0.1, 0.15) is 0 Å². The van der Waals surface area contributed by atoms with Crippen LogP contribution < -0.4 is 0 Å². The maximum Gasteiger partial charge on any atom is 0.269 e. The van der Waals surface area contributed by atoms with Gasteiger partial charge in [0.05, 0.1) is 4.92 Å². The lowest BCUT2D eigenvalue weighted by molar-refractivity contribution is -0.384. The molecule has 0 spiro atoms. The molecule has 0 aliphatic carbocycles. The highest BCUT2D eigenvalue weighted by Crippen LogP contribution is 2.27. The lowest BCUT2D eigenvalue weighted by atomic mass is 9.97. The molecule has 4 nitrogen and oxygen atoms in total. The fourth-order valence-corrected chi connectivity index (χ4v) is 2.39. The predicted octanol–water partition coefficient (Wildman–Crippen LogP) is 4.23. The Morgan fingerprint density at radius 2 is 1.80 bits per heavy atom. The Balaban J connectivity index is 1.94. The maximum atomic E-state index is 10.7. The van der Waals surface area contributed by atoms with Crippen molar-refractivity contribution in [1.29, 1.82) is 0 Å². The van der Waals surface area contributed by atoms with Crippen molar-refractivity contribution in [3.8, 4) is 0 Å². The Kier molecular flexibility index (Phi) is 2.99. The minimum atomic E-state index is -0.378. The van der Waals surface area contributed by atoms with E-state index in [2.05, 4.69) is 24.0 Å². The number of aromatic nitrogens is 1. The van der Waals surface area contributed by atoms with Gasteiger partial charge in [-0.15, -0.1) is 0 Å². The van der Waals surface area contributed by atoms with E-state index in [-0.39, 0.29) is 16.5 Å². The molecule has 1 unspecified atom stereocenters. The summed E-state index contributed by atoms with van der Waals surface area (Å²) in [6.45, 7) is 2.09. The molecule has 100 valence electrons. The first-order valence-electron chi connectivity index (χ1n) is 6.47. The lowest BCUT2D eigenvalue weighted by Crippen LogP contribution is -1.96. The van der Waals surface area contributed by atoms with Crippen molar-refractivity contribution in [3.63, 3.8) is 0 Å². The molecule has 4 heteroatoms. The number of nitro benzene ring substituents is 1. The van der Waals surface area contributed by atoms with Gasteiger partial charge in [0.2, 0.25) is 0 Å². The Morgan fingerprint density at radius 1 is 1.10 bits per heavy atom. The zero-order chi connectivity index (χ0) is 14.1. The van der Waals surface area contributed by atoms with Crippen molar-refractivity contribution in [2.24, 2.45) is 0 Å². The van der Waals surface area contributed by atoms with Crippen LogP contribution in [0.4, 0.5) is 5.69 Å². The molecule has 3 aromatic rings. The number of hydrogen-bond donors (Lipinski definition) is 1. The van der Waals surface area contributed by atoms with Crippen molar-refractivity contribution in [2.45, 2.75) is 12.8 Å². The van der Waals surface area contributed by atoms with E-state index in [0.717, 1.165) is 16.8 Å². The first kappa shape index (κ1) is 12.4. The fraction of sp³-hybridized carbons (Fsp3) is 0.125. The summed E-state index contributed by atoms with van der Waals surface area (Å²) >= 11 is 0. The van der Waals surface area contributed by atoms with Crippen molar-refractivity contribution in [2.75, 3.05) is 0 Å². The highest BCUT2D eigenvalue weighted by Gasteiger charge is 2.13. The van der Waals surface area contributed by atoms with Crippen molar-refractivity contribution < 1.29 is 4.92 Å². The second-order valence-corrected chi connectivity index (χ2v) is 4.88. The van der Waals surface area contributed by atoms with Gasteiger partial charge in [-0.25, -0.2) is 0 Å². The first-order chi connectivity index (χ1) is 9.65. The third kappa shape index (κ3) is 2.16. The fourth-order valence-electron chi connectivity index (χ4n) is 2.39. The molecule has 0 saturated heterocycles. The molecule has 0 saturated carbocycles. The van der Waals surface area contributed by atoms with Crippen molar-refractivity contribution in [1.82, 2.24) is 4.98 Å². The summed E-state index contributed by atoms with van der Waals surface area (Å²) in [5, 5.41) is 11.8. The van der Waals surface area contributed by atoms with Crippen LogP contribution in [0.25, 0.3) is 10.9 Å². The Hall–Kier alpha value is -2.62. The quantitative estimate of drug-likeness (QED) is 0.569. The highest BCUT2D eigenvalue weighted by molar-refractivity contribution is 5.80. The van der Waals surface area contributed by atoms with Gasteiger partial charge < -0.3 is 4.98 Å². The number of rotatable bonds is 3. The number of nitrogens with zero attached hydrogens (tertiary/aromatic N) is 1. The van der Waals surface area contributed by atoms with Gasteiger partial charge in [0, 0.05) is 29.3 Å². The summed E-state index contributed by atoms with van der Waals surface area (Å²) < 4.78 is 0. The molecule has 0 radical (unpaired) electrons. The molecule has 0 aliphatic rings. The number of nitro groups is 1. The highest BCUT2D eigenvalue weighted by atomic mass is 16.6. The summed E-state index contributed by atoms with van der Waals surface area (Å²) in [6.07, 6.45) is 0. The topological polar surface area (TPSA) is 58.9 Å². The zero-order valence-corrected chi connectivity index (χ0v) is 11.0. The third-order valence-corrected chi connectivity index (χ3v) is 3.62. The average molecular weight is 266 g/mol. The molecule has 1 N–H and O–H groups in total. The van der Waals surface area contributed by atoms with E-state index in [1.165, 1.54) is 5.39 Å². The molecule has 2 aromatic carbocycles. The molecule has 3 rings (SSSR count). The monoisotopic (exact) mass is 266 g/mol. The van der Waals surface area contributed by atoms with Crippen LogP contribution >= 0.6 is 0 Å². The van der Waals surface area contributed by atoms with Crippen LogP contribution in [0.2, 0.25) is 0 Å². The standard InChI is InChI=1S/C16H14N2O2/c1-11(12-6-8-14(9-7-12)18(19)20)16-10-13-4-2-3-5-15(13)17-16/h2-11,17H,1H3. The molecular formula is C16H14N2O2. The van der Waals surface area contributed by atoms with E-state index in [1.807, 2.05) is 30.3 Å². The number of para-hydroxylation sites is 1. The van der Waals surface area contributed by atoms with Crippen LogP contribution in [0.3, 0.4) is 0 Å². The van der Waals surface area contributed by atoms with Crippen LogP contribution in [0, 0.1) is 10.1 Å². The van der Waals surface area contributed by atoms with Crippen molar-refractivity contribution in [3.05, 3.63) is 76.0 Å². The third-order valence-electron chi connectivity index (χ3n) is 3.62. The average Bonchev–Trinajstić information content (AvgIpc) is 2.90. The summed E-state index contributed by atoms with van der Waals surface area (Å²) in [4.78, 5) is 13.7. The molecular weight excluding hydrogens is 252 g/mol. The van der Waals surface area contributed by atoms with Crippen LogP contribution in [-0.4, -0.2) is 9.91 Å². The number of H-pyrrole nitrogens is 1. The first-order valence-corrected chi connectivity index (χ1v) is 6.47. The van der Waals surface area contributed by atoms with E-state index in [1.54, 1.807) is 12.1 Å².